The number of carbonyl (C=O) groups is 2. The van der Waals surface area contributed by atoms with Gasteiger partial charge in [0.1, 0.15) is 18.3 Å². The van der Waals surface area contributed by atoms with Crippen LogP contribution in [-0.2, 0) is 39.0 Å². The lowest BCUT2D eigenvalue weighted by molar-refractivity contribution is -0.139. The van der Waals surface area contributed by atoms with Gasteiger partial charge in [-0.3, -0.25) is 13.9 Å². The van der Waals surface area contributed by atoms with Crippen molar-refractivity contribution in [3.63, 3.8) is 0 Å². The summed E-state index contributed by atoms with van der Waals surface area (Å²) in [5, 5.41) is 2.67. The normalized spacial score (nSPS) is 11.9. The van der Waals surface area contributed by atoms with Gasteiger partial charge in [-0.05, 0) is 41.3 Å². The molecule has 0 aliphatic heterocycles. The smallest absolute Gasteiger partial charge is 0.244 e. The van der Waals surface area contributed by atoms with Crippen molar-refractivity contribution in [2.24, 2.45) is 0 Å². The molecule has 0 aromatic heterocycles. The standard InChI is InChI=1S/C29H35N3O5S/c1-5-24-15-9-10-17-26(24)32(38(4,35)36)21-28(33)31(20-23-14-11-16-25(18-23)37-3)27(29(34)30-2)19-22-12-7-6-8-13-22/h6-18,27H,5,19-21H2,1-4H3,(H,30,34)/t27-/m1/s1. The van der Waals surface area contributed by atoms with E-state index in [1.165, 1.54) is 11.9 Å². The molecule has 8 nitrogen and oxygen atoms in total. The minimum absolute atomic E-state index is 0.0913. The van der Waals surface area contributed by atoms with Crippen LogP contribution in [0.2, 0.25) is 0 Å². The van der Waals surface area contributed by atoms with Gasteiger partial charge in [0.2, 0.25) is 21.8 Å². The summed E-state index contributed by atoms with van der Waals surface area (Å²) in [7, 11) is -0.730. The number of methoxy groups -OCH3 is 1. The number of para-hydroxylation sites is 1. The van der Waals surface area contributed by atoms with Crippen LogP contribution in [-0.4, -0.2) is 58.1 Å². The molecule has 0 bridgehead atoms. The number of likely N-dealkylation sites (N-methyl/N-ethyl adjacent to an activating group) is 1. The number of benzene rings is 3. The van der Waals surface area contributed by atoms with Crippen molar-refractivity contribution in [1.29, 1.82) is 0 Å². The molecular formula is C29H35N3O5S. The molecule has 1 atom stereocenters. The lowest BCUT2D eigenvalue weighted by atomic mass is 10.0. The fourth-order valence-corrected chi connectivity index (χ4v) is 5.22. The molecule has 3 aromatic carbocycles. The number of aryl methyl sites for hydroxylation is 1. The predicted octanol–water partition coefficient (Wildman–Crippen LogP) is 3.41. The van der Waals surface area contributed by atoms with Crippen LogP contribution in [0.4, 0.5) is 5.69 Å². The minimum Gasteiger partial charge on any atom is -0.497 e. The van der Waals surface area contributed by atoms with E-state index in [2.05, 4.69) is 5.32 Å². The van der Waals surface area contributed by atoms with Crippen LogP contribution in [0, 0.1) is 0 Å². The second-order valence-electron chi connectivity index (χ2n) is 8.94. The molecule has 202 valence electrons. The summed E-state index contributed by atoms with van der Waals surface area (Å²) in [6.07, 6.45) is 1.94. The fraction of sp³-hybridized carbons (Fsp3) is 0.310. The van der Waals surface area contributed by atoms with Crippen LogP contribution in [0.3, 0.4) is 0 Å². The molecule has 2 amide bonds. The number of rotatable bonds is 12. The molecule has 0 saturated carbocycles. The van der Waals surface area contributed by atoms with Gasteiger partial charge in [0.05, 0.1) is 19.1 Å². The minimum atomic E-state index is -3.81. The largest absolute Gasteiger partial charge is 0.497 e. The van der Waals surface area contributed by atoms with E-state index in [9.17, 15) is 18.0 Å². The van der Waals surface area contributed by atoms with Gasteiger partial charge in [-0.15, -0.1) is 0 Å². The van der Waals surface area contributed by atoms with E-state index >= 15 is 0 Å². The molecule has 0 radical (unpaired) electrons. The Bertz CT molecular complexity index is 1350. The average molecular weight is 538 g/mol. The molecule has 38 heavy (non-hydrogen) atoms. The number of anilines is 1. The Labute approximate surface area is 225 Å². The number of sulfonamides is 1. The van der Waals surface area contributed by atoms with Crippen molar-refractivity contribution in [3.05, 3.63) is 95.6 Å². The molecule has 0 unspecified atom stereocenters. The first-order chi connectivity index (χ1) is 18.2. The maximum absolute atomic E-state index is 14.0. The SMILES string of the molecule is CCc1ccccc1N(CC(=O)N(Cc1cccc(OC)c1)[C@H](Cc1ccccc1)C(=O)NC)S(C)(=O)=O. The molecule has 0 spiro atoms. The predicted molar refractivity (Wildman–Crippen MR) is 150 cm³/mol. The molecule has 0 aliphatic rings. The van der Waals surface area contributed by atoms with E-state index in [1.54, 1.807) is 31.4 Å². The van der Waals surface area contributed by atoms with Gasteiger partial charge in [-0.1, -0.05) is 67.6 Å². The zero-order valence-corrected chi connectivity index (χ0v) is 23.1. The number of carbonyl (C=O) groups excluding carboxylic acids is 2. The molecule has 0 saturated heterocycles. The Morgan fingerprint density at radius 2 is 1.61 bits per heavy atom. The molecule has 1 N–H and O–H groups in total. The molecule has 0 aliphatic carbocycles. The Morgan fingerprint density at radius 1 is 0.947 bits per heavy atom. The maximum atomic E-state index is 14.0. The van der Waals surface area contributed by atoms with Gasteiger partial charge in [0, 0.05) is 20.0 Å². The molecular weight excluding hydrogens is 502 g/mol. The Hall–Kier alpha value is -3.85. The van der Waals surface area contributed by atoms with E-state index in [1.807, 2.05) is 61.5 Å². The summed E-state index contributed by atoms with van der Waals surface area (Å²) in [5.41, 5.74) is 2.88. The number of hydrogen-bond acceptors (Lipinski definition) is 5. The third-order valence-electron chi connectivity index (χ3n) is 6.32. The lowest BCUT2D eigenvalue weighted by Gasteiger charge is -2.33. The number of ether oxygens (including phenoxy) is 1. The van der Waals surface area contributed by atoms with Gasteiger partial charge < -0.3 is 15.0 Å². The second-order valence-corrected chi connectivity index (χ2v) is 10.9. The Morgan fingerprint density at radius 3 is 2.24 bits per heavy atom. The quantitative estimate of drug-likeness (QED) is 0.382. The highest BCUT2D eigenvalue weighted by atomic mass is 32.2. The lowest BCUT2D eigenvalue weighted by Crippen LogP contribution is -2.53. The number of hydrogen-bond donors (Lipinski definition) is 1. The summed E-state index contributed by atoms with van der Waals surface area (Å²) in [4.78, 5) is 28.6. The molecule has 3 aromatic rings. The van der Waals surface area contributed by atoms with Crippen LogP contribution in [0.5, 0.6) is 5.75 Å². The summed E-state index contributed by atoms with van der Waals surface area (Å²) >= 11 is 0. The Balaban J connectivity index is 2.06. The first-order valence-corrected chi connectivity index (χ1v) is 14.3. The maximum Gasteiger partial charge on any atom is 0.244 e. The summed E-state index contributed by atoms with van der Waals surface area (Å²) in [6.45, 7) is 1.58. The van der Waals surface area contributed by atoms with Crippen LogP contribution >= 0.6 is 0 Å². The van der Waals surface area contributed by atoms with E-state index < -0.39 is 28.5 Å². The first-order valence-electron chi connectivity index (χ1n) is 12.4. The molecule has 0 fully saturated rings. The third kappa shape index (κ3) is 7.35. The summed E-state index contributed by atoms with van der Waals surface area (Å²) in [6, 6.07) is 22.9. The highest BCUT2D eigenvalue weighted by molar-refractivity contribution is 7.92. The van der Waals surface area contributed by atoms with Gasteiger partial charge in [0.15, 0.2) is 0 Å². The summed E-state index contributed by atoms with van der Waals surface area (Å²) < 4.78 is 32.3. The van der Waals surface area contributed by atoms with Crippen molar-refractivity contribution in [1.82, 2.24) is 10.2 Å². The van der Waals surface area contributed by atoms with Crippen LogP contribution in [0.25, 0.3) is 0 Å². The molecule has 3 rings (SSSR count). The number of nitrogens with zero attached hydrogens (tertiary/aromatic N) is 2. The third-order valence-corrected chi connectivity index (χ3v) is 7.45. The van der Waals surface area contributed by atoms with E-state index in [0.29, 0.717) is 17.9 Å². The van der Waals surface area contributed by atoms with Crippen molar-refractivity contribution >= 4 is 27.5 Å². The van der Waals surface area contributed by atoms with E-state index in [-0.39, 0.29) is 18.9 Å². The Kier molecular flexibility index (Phi) is 9.90. The van der Waals surface area contributed by atoms with E-state index in [4.69, 9.17) is 4.74 Å². The van der Waals surface area contributed by atoms with Gasteiger partial charge in [-0.2, -0.15) is 0 Å². The first kappa shape index (κ1) is 28.7. The van der Waals surface area contributed by atoms with Crippen LogP contribution in [0.1, 0.15) is 23.6 Å². The van der Waals surface area contributed by atoms with Gasteiger partial charge >= 0.3 is 0 Å². The van der Waals surface area contributed by atoms with Crippen molar-refractivity contribution in [3.8, 4) is 5.75 Å². The monoisotopic (exact) mass is 537 g/mol. The number of amides is 2. The molecule has 0 heterocycles. The van der Waals surface area contributed by atoms with Crippen molar-refractivity contribution in [2.45, 2.75) is 32.4 Å². The van der Waals surface area contributed by atoms with E-state index in [0.717, 1.165) is 27.3 Å². The number of nitrogens with one attached hydrogen (secondary N) is 1. The average Bonchev–Trinajstić information content (AvgIpc) is 2.93. The van der Waals surface area contributed by atoms with Crippen molar-refractivity contribution < 1.29 is 22.7 Å². The van der Waals surface area contributed by atoms with Crippen LogP contribution < -0.4 is 14.4 Å². The topological polar surface area (TPSA) is 96.0 Å². The van der Waals surface area contributed by atoms with Gasteiger partial charge in [0.25, 0.3) is 0 Å². The van der Waals surface area contributed by atoms with Crippen molar-refractivity contribution in [2.75, 3.05) is 31.3 Å². The zero-order chi connectivity index (χ0) is 27.7. The summed E-state index contributed by atoms with van der Waals surface area (Å²) in [5.74, 6) is -0.220. The second kappa shape index (κ2) is 13.1. The zero-order valence-electron chi connectivity index (χ0n) is 22.3. The molecule has 9 heteroatoms. The van der Waals surface area contributed by atoms with Gasteiger partial charge in [-0.25, -0.2) is 8.42 Å². The van der Waals surface area contributed by atoms with Crippen LogP contribution in [0.15, 0.2) is 78.9 Å². The fourth-order valence-electron chi connectivity index (χ4n) is 4.34. The highest BCUT2D eigenvalue weighted by Crippen LogP contribution is 2.25. The highest BCUT2D eigenvalue weighted by Gasteiger charge is 2.33.